The van der Waals surface area contributed by atoms with E-state index in [4.69, 9.17) is 11.6 Å². The van der Waals surface area contributed by atoms with Gasteiger partial charge in [0.25, 0.3) is 0 Å². The van der Waals surface area contributed by atoms with Gasteiger partial charge in [0.15, 0.2) is 5.65 Å². The lowest BCUT2D eigenvalue weighted by molar-refractivity contribution is -0.117. The summed E-state index contributed by atoms with van der Waals surface area (Å²) in [6.07, 6.45) is 3.27. The highest BCUT2D eigenvalue weighted by molar-refractivity contribution is 6.30. The molecule has 0 aliphatic rings. The molecule has 0 saturated carbocycles. The summed E-state index contributed by atoms with van der Waals surface area (Å²) in [6, 6.07) is 16.6. The maximum atomic E-state index is 12.8. The Bertz CT molecular complexity index is 1500. The van der Waals surface area contributed by atoms with Gasteiger partial charge in [-0.1, -0.05) is 41.9 Å². The largest absolute Gasteiger partial charge is 0.350 e. The summed E-state index contributed by atoms with van der Waals surface area (Å²) in [7, 11) is 0. The molecule has 0 aliphatic heterocycles. The van der Waals surface area contributed by atoms with Gasteiger partial charge in [-0.25, -0.2) is 18.4 Å². The minimum absolute atomic E-state index is 0.195. The molecule has 0 spiro atoms. The van der Waals surface area contributed by atoms with Crippen LogP contribution in [0.2, 0.25) is 5.02 Å². The third-order valence-electron chi connectivity index (χ3n) is 5.04. The molecule has 9 heteroatoms. The fraction of sp³-hybridized carbons (Fsp3) is 0.0909. The molecule has 1 amide bonds. The second-order valence-corrected chi connectivity index (χ2v) is 7.60. The van der Waals surface area contributed by atoms with E-state index in [1.54, 1.807) is 29.0 Å². The van der Waals surface area contributed by atoms with E-state index in [2.05, 4.69) is 15.5 Å². The smallest absolute Gasteiger partial charge is 0.324 e. The molecule has 0 saturated heterocycles. The molecule has 0 radical (unpaired) electrons. The number of hydrogen-bond acceptors (Lipinski definition) is 4. The van der Waals surface area contributed by atoms with Crippen molar-refractivity contribution in [2.24, 2.45) is 0 Å². The first kappa shape index (κ1) is 19.1. The Labute approximate surface area is 181 Å². The molecule has 0 aliphatic carbocycles. The average molecular weight is 433 g/mol. The first-order chi connectivity index (χ1) is 15.0. The van der Waals surface area contributed by atoms with E-state index in [1.807, 2.05) is 49.4 Å². The Morgan fingerprint density at radius 2 is 1.84 bits per heavy atom. The zero-order valence-electron chi connectivity index (χ0n) is 16.5. The number of aryl methyl sites for hydroxylation is 1. The predicted molar refractivity (Wildman–Crippen MR) is 118 cm³/mol. The van der Waals surface area contributed by atoms with Gasteiger partial charge in [0, 0.05) is 28.7 Å². The quantitative estimate of drug-likeness (QED) is 0.471. The van der Waals surface area contributed by atoms with Crippen LogP contribution in [0.5, 0.6) is 0 Å². The number of benzene rings is 2. The van der Waals surface area contributed by atoms with Crippen molar-refractivity contribution < 1.29 is 4.79 Å². The van der Waals surface area contributed by atoms with Crippen LogP contribution in [-0.2, 0) is 11.3 Å². The number of nitrogens with zero attached hydrogens (tertiary/aromatic N) is 5. The lowest BCUT2D eigenvalue weighted by Crippen LogP contribution is -2.28. The van der Waals surface area contributed by atoms with E-state index < -0.39 is 5.69 Å². The van der Waals surface area contributed by atoms with Crippen LogP contribution in [0.15, 0.2) is 71.8 Å². The van der Waals surface area contributed by atoms with Gasteiger partial charge in [0.2, 0.25) is 5.91 Å². The molecule has 3 aromatic heterocycles. The lowest BCUT2D eigenvalue weighted by Gasteiger charge is -2.07. The topological polar surface area (TPSA) is 85.7 Å². The SMILES string of the molecule is Cc1ccccc1NC(=O)Cn1nc2c3cc(-c4ccc(Cl)cc4)nn3ccn2c1=O. The standard InChI is InChI=1S/C22H17ClN6O2/c1-14-4-2-3-5-17(14)24-20(30)13-29-22(31)27-10-11-28-19(21(27)26-29)12-18(25-28)15-6-8-16(23)9-7-15/h2-12H,13H2,1H3,(H,24,30). The van der Waals surface area contributed by atoms with Crippen LogP contribution in [0.25, 0.3) is 22.4 Å². The number of para-hydroxylation sites is 1. The van der Waals surface area contributed by atoms with Crippen molar-refractivity contribution in [3.8, 4) is 11.3 Å². The Kier molecular flexibility index (Phi) is 4.56. The minimum Gasteiger partial charge on any atom is -0.324 e. The van der Waals surface area contributed by atoms with Crippen LogP contribution < -0.4 is 11.0 Å². The van der Waals surface area contributed by atoms with Gasteiger partial charge in [-0.2, -0.15) is 5.10 Å². The minimum atomic E-state index is -0.397. The summed E-state index contributed by atoms with van der Waals surface area (Å²) in [5.74, 6) is -0.328. The molecule has 3 heterocycles. The molecule has 0 fully saturated rings. The summed E-state index contributed by atoms with van der Waals surface area (Å²) in [5, 5.41) is 12.4. The highest BCUT2D eigenvalue weighted by Crippen LogP contribution is 2.23. The monoisotopic (exact) mass is 432 g/mol. The van der Waals surface area contributed by atoms with Crippen LogP contribution in [0, 0.1) is 6.92 Å². The van der Waals surface area contributed by atoms with Crippen molar-refractivity contribution in [1.82, 2.24) is 23.8 Å². The molecular formula is C22H17ClN6O2. The summed E-state index contributed by atoms with van der Waals surface area (Å²) in [4.78, 5) is 25.3. The van der Waals surface area contributed by atoms with Gasteiger partial charge >= 0.3 is 5.69 Å². The summed E-state index contributed by atoms with van der Waals surface area (Å²) in [6.45, 7) is 1.71. The molecule has 0 bridgehead atoms. The van der Waals surface area contributed by atoms with E-state index in [-0.39, 0.29) is 12.5 Å². The Morgan fingerprint density at radius 3 is 2.61 bits per heavy atom. The zero-order chi connectivity index (χ0) is 21.5. The predicted octanol–water partition coefficient (Wildman–Crippen LogP) is 3.41. The number of hydrogen-bond donors (Lipinski definition) is 1. The number of fused-ring (bicyclic) bond motifs is 3. The molecule has 31 heavy (non-hydrogen) atoms. The number of aromatic nitrogens is 5. The van der Waals surface area contributed by atoms with Crippen molar-refractivity contribution in [2.75, 3.05) is 5.32 Å². The van der Waals surface area contributed by atoms with E-state index in [0.29, 0.717) is 21.9 Å². The average Bonchev–Trinajstić information content (AvgIpc) is 3.32. The van der Waals surface area contributed by atoms with Gasteiger partial charge in [0.1, 0.15) is 12.1 Å². The summed E-state index contributed by atoms with van der Waals surface area (Å²) in [5.41, 5.74) is 3.94. The lowest BCUT2D eigenvalue weighted by atomic mass is 10.1. The zero-order valence-corrected chi connectivity index (χ0v) is 17.2. The number of carbonyl (C=O) groups excluding carboxylic acids is 1. The fourth-order valence-electron chi connectivity index (χ4n) is 3.44. The molecule has 0 atom stereocenters. The molecule has 2 aromatic carbocycles. The number of nitrogens with one attached hydrogen (secondary N) is 1. The van der Waals surface area contributed by atoms with E-state index in [1.165, 1.54) is 4.40 Å². The van der Waals surface area contributed by atoms with Crippen LogP contribution in [-0.4, -0.2) is 29.7 Å². The maximum Gasteiger partial charge on any atom is 0.350 e. The van der Waals surface area contributed by atoms with Gasteiger partial charge < -0.3 is 5.32 Å². The highest BCUT2D eigenvalue weighted by Gasteiger charge is 2.15. The Balaban J connectivity index is 1.50. The summed E-state index contributed by atoms with van der Waals surface area (Å²) < 4.78 is 4.21. The van der Waals surface area contributed by atoms with Crippen LogP contribution >= 0.6 is 11.6 Å². The normalized spacial score (nSPS) is 11.3. The number of carbonyl (C=O) groups is 1. The molecule has 0 unspecified atom stereocenters. The van der Waals surface area contributed by atoms with E-state index in [0.717, 1.165) is 21.5 Å². The molecular weight excluding hydrogens is 416 g/mol. The Hall–Kier alpha value is -3.91. The van der Waals surface area contributed by atoms with Gasteiger partial charge in [-0.15, -0.1) is 5.10 Å². The van der Waals surface area contributed by atoms with Crippen LogP contribution in [0.3, 0.4) is 0 Å². The fourth-order valence-corrected chi connectivity index (χ4v) is 3.56. The molecule has 154 valence electrons. The van der Waals surface area contributed by atoms with E-state index >= 15 is 0 Å². The Morgan fingerprint density at radius 1 is 1.06 bits per heavy atom. The molecule has 5 rings (SSSR count). The molecule has 5 aromatic rings. The van der Waals surface area contributed by atoms with Crippen LogP contribution in [0.4, 0.5) is 5.69 Å². The van der Waals surface area contributed by atoms with Crippen molar-refractivity contribution in [2.45, 2.75) is 13.5 Å². The van der Waals surface area contributed by atoms with Crippen LogP contribution in [0.1, 0.15) is 5.56 Å². The van der Waals surface area contributed by atoms with Crippen molar-refractivity contribution in [1.29, 1.82) is 0 Å². The van der Waals surface area contributed by atoms with Gasteiger partial charge in [-0.05, 0) is 36.8 Å². The summed E-state index contributed by atoms with van der Waals surface area (Å²) >= 11 is 5.97. The third kappa shape index (κ3) is 3.47. The van der Waals surface area contributed by atoms with Gasteiger partial charge in [-0.3, -0.25) is 4.79 Å². The molecule has 1 N–H and O–H groups in total. The first-order valence-electron chi connectivity index (χ1n) is 9.58. The van der Waals surface area contributed by atoms with Crippen molar-refractivity contribution in [3.05, 3.63) is 88.1 Å². The highest BCUT2D eigenvalue weighted by atomic mass is 35.5. The van der Waals surface area contributed by atoms with Crippen molar-refractivity contribution >= 4 is 34.4 Å². The second kappa shape index (κ2) is 7.41. The number of rotatable bonds is 4. The van der Waals surface area contributed by atoms with E-state index in [9.17, 15) is 9.59 Å². The number of amides is 1. The number of halogens is 1. The van der Waals surface area contributed by atoms with Crippen molar-refractivity contribution in [3.63, 3.8) is 0 Å². The number of anilines is 1. The van der Waals surface area contributed by atoms with Gasteiger partial charge in [0.05, 0.1) is 5.69 Å². The molecule has 8 nitrogen and oxygen atoms in total. The first-order valence-corrected chi connectivity index (χ1v) is 9.96. The third-order valence-corrected chi connectivity index (χ3v) is 5.30. The second-order valence-electron chi connectivity index (χ2n) is 7.16. The maximum absolute atomic E-state index is 12.8.